The van der Waals surface area contributed by atoms with Crippen molar-refractivity contribution in [3.05, 3.63) is 0 Å². The highest BCUT2D eigenvalue weighted by molar-refractivity contribution is 7.98. The lowest BCUT2D eigenvalue weighted by Crippen LogP contribution is -2.28. The number of nitrogens with one attached hydrogen (secondary N) is 1. The van der Waals surface area contributed by atoms with Crippen LogP contribution in [0.4, 0.5) is 0 Å². The summed E-state index contributed by atoms with van der Waals surface area (Å²) in [5.41, 5.74) is 0. The van der Waals surface area contributed by atoms with Crippen molar-refractivity contribution in [2.75, 3.05) is 12.0 Å². The van der Waals surface area contributed by atoms with Gasteiger partial charge in [0.25, 0.3) is 0 Å². The Kier molecular flexibility index (Phi) is 2.86. The van der Waals surface area contributed by atoms with E-state index >= 15 is 0 Å². The van der Waals surface area contributed by atoms with Crippen molar-refractivity contribution in [2.45, 2.75) is 31.8 Å². The van der Waals surface area contributed by atoms with Crippen LogP contribution in [-0.2, 0) is 0 Å². The van der Waals surface area contributed by atoms with Crippen LogP contribution in [0.3, 0.4) is 0 Å². The molecule has 2 atom stereocenters. The largest absolute Gasteiger partial charge is 0.311 e. The van der Waals surface area contributed by atoms with Crippen molar-refractivity contribution in [1.82, 2.24) is 5.32 Å². The summed E-state index contributed by atoms with van der Waals surface area (Å²) < 4.78 is 0. The van der Waals surface area contributed by atoms with Crippen LogP contribution in [0.2, 0.25) is 0 Å². The minimum Gasteiger partial charge on any atom is -0.311 e. The molecule has 1 fully saturated rings. The van der Waals surface area contributed by atoms with Crippen LogP contribution in [0, 0.1) is 0 Å². The first-order chi connectivity index (χ1) is 4.33. The summed E-state index contributed by atoms with van der Waals surface area (Å²) in [5.74, 6) is 1.28. The fraction of sp³-hybridized carbons (Fsp3) is 1.00. The molecule has 54 valence electrons. The monoisotopic (exact) mass is 145 g/mol. The average molecular weight is 145 g/mol. The van der Waals surface area contributed by atoms with Crippen molar-refractivity contribution in [2.24, 2.45) is 0 Å². The maximum Gasteiger partial charge on any atom is 0.0161 e. The summed E-state index contributed by atoms with van der Waals surface area (Å²) in [6.45, 7) is 2.26. The van der Waals surface area contributed by atoms with E-state index in [-0.39, 0.29) is 0 Å². The molecule has 0 aliphatic carbocycles. The van der Waals surface area contributed by atoms with Gasteiger partial charge in [-0.05, 0) is 26.0 Å². The van der Waals surface area contributed by atoms with E-state index < -0.39 is 0 Å². The molecular formula is C7H15NS. The van der Waals surface area contributed by atoms with Gasteiger partial charge in [-0.2, -0.15) is 11.8 Å². The van der Waals surface area contributed by atoms with E-state index in [0.29, 0.717) is 0 Å². The van der Waals surface area contributed by atoms with Crippen LogP contribution >= 0.6 is 11.8 Å². The van der Waals surface area contributed by atoms with E-state index in [1.807, 2.05) is 11.8 Å². The molecule has 0 spiro atoms. The van der Waals surface area contributed by atoms with Gasteiger partial charge in [0, 0.05) is 17.8 Å². The molecular weight excluding hydrogens is 130 g/mol. The van der Waals surface area contributed by atoms with Crippen molar-refractivity contribution in [3.63, 3.8) is 0 Å². The first-order valence-electron chi connectivity index (χ1n) is 3.58. The van der Waals surface area contributed by atoms with Gasteiger partial charge < -0.3 is 5.32 Å². The summed E-state index contributed by atoms with van der Waals surface area (Å²) in [6, 6.07) is 1.57. The molecule has 1 rings (SSSR count). The summed E-state index contributed by atoms with van der Waals surface area (Å²) >= 11 is 1.94. The van der Waals surface area contributed by atoms with E-state index in [2.05, 4.69) is 18.5 Å². The fourth-order valence-electron chi connectivity index (χ4n) is 1.35. The van der Waals surface area contributed by atoms with E-state index in [4.69, 9.17) is 0 Å². The van der Waals surface area contributed by atoms with Crippen LogP contribution in [0.25, 0.3) is 0 Å². The Morgan fingerprint density at radius 3 is 2.78 bits per heavy atom. The summed E-state index contributed by atoms with van der Waals surface area (Å²) in [6.07, 6.45) is 4.91. The molecule has 2 heteroatoms. The zero-order valence-electron chi connectivity index (χ0n) is 6.18. The van der Waals surface area contributed by atoms with Gasteiger partial charge in [0.15, 0.2) is 0 Å². The average Bonchev–Trinajstić information content (AvgIpc) is 2.17. The first kappa shape index (κ1) is 7.42. The third kappa shape index (κ3) is 2.18. The number of thioether (sulfide) groups is 1. The molecule has 1 saturated heterocycles. The molecule has 0 aromatic carbocycles. The highest BCUT2D eigenvalue weighted by Gasteiger charge is 2.18. The van der Waals surface area contributed by atoms with Crippen LogP contribution < -0.4 is 5.32 Å². The molecule has 0 amide bonds. The quantitative estimate of drug-likeness (QED) is 0.632. The van der Waals surface area contributed by atoms with E-state index in [0.717, 1.165) is 12.1 Å². The number of rotatable bonds is 2. The molecule has 1 aliphatic rings. The third-order valence-corrected chi connectivity index (χ3v) is 2.57. The highest BCUT2D eigenvalue weighted by atomic mass is 32.2. The van der Waals surface area contributed by atoms with Crippen molar-refractivity contribution >= 4 is 11.8 Å². The number of hydrogen-bond acceptors (Lipinski definition) is 2. The Bertz CT molecular complexity index is 83.0. The minimum absolute atomic E-state index is 0.766. The molecule has 1 aliphatic heterocycles. The van der Waals surface area contributed by atoms with Crippen LogP contribution in [-0.4, -0.2) is 24.1 Å². The van der Waals surface area contributed by atoms with Gasteiger partial charge in [-0.25, -0.2) is 0 Å². The molecule has 0 aromatic heterocycles. The molecule has 1 nitrogen and oxygen atoms in total. The lowest BCUT2D eigenvalue weighted by molar-refractivity contribution is 0.602. The van der Waals surface area contributed by atoms with Gasteiger partial charge in [0.05, 0.1) is 0 Å². The molecule has 1 N–H and O–H groups in total. The van der Waals surface area contributed by atoms with Gasteiger partial charge in [-0.1, -0.05) is 0 Å². The fourth-order valence-corrected chi connectivity index (χ4v) is 2.02. The second-order valence-electron chi connectivity index (χ2n) is 2.80. The summed E-state index contributed by atoms with van der Waals surface area (Å²) in [7, 11) is 0. The highest BCUT2D eigenvalue weighted by Crippen LogP contribution is 2.14. The Labute approximate surface area is 61.6 Å². The SMILES string of the molecule is CSC[C@H]1CC[C@H](C)N1. The standard InChI is InChI=1S/C7H15NS/c1-6-3-4-7(8-6)5-9-2/h6-8H,3-5H2,1-2H3/t6-,7+/m0/s1. The minimum atomic E-state index is 0.766. The van der Waals surface area contributed by atoms with Gasteiger partial charge in [0.1, 0.15) is 0 Å². The smallest absolute Gasteiger partial charge is 0.0161 e. The molecule has 0 saturated carbocycles. The van der Waals surface area contributed by atoms with E-state index in [1.54, 1.807) is 0 Å². The summed E-state index contributed by atoms with van der Waals surface area (Å²) in [5, 5.41) is 3.53. The second-order valence-corrected chi connectivity index (χ2v) is 3.71. The molecule has 0 aromatic rings. The van der Waals surface area contributed by atoms with Gasteiger partial charge in [-0.3, -0.25) is 0 Å². The molecule has 1 heterocycles. The van der Waals surface area contributed by atoms with Crippen molar-refractivity contribution in [1.29, 1.82) is 0 Å². The zero-order valence-corrected chi connectivity index (χ0v) is 7.00. The Morgan fingerprint density at radius 1 is 1.56 bits per heavy atom. The first-order valence-corrected chi connectivity index (χ1v) is 4.97. The molecule has 0 bridgehead atoms. The Balaban J connectivity index is 2.14. The van der Waals surface area contributed by atoms with E-state index in [9.17, 15) is 0 Å². The third-order valence-electron chi connectivity index (χ3n) is 1.84. The maximum absolute atomic E-state index is 3.53. The molecule has 0 radical (unpaired) electrons. The van der Waals surface area contributed by atoms with Crippen LogP contribution in [0.5, 0.6) is 0 Å². The Morgan fingerprint density at radius 2 is 2.33 bits per heavy atom. The maximum atomic E-state index is 3.53. The lowest BCUT2D eigenvalue weighted by Gasteiger charge is -2.08. The normalized spacial score (nSPS) is 35.3. The van der Waals surface area contributed by atoms with Gasteiger partial charge in [0.2, 0.25) is 0 Å². The molecule has 9 heavy (non-hydrogen) atoms. The van der Waals surface area contributed by atoms with Gasteiger partial charge >= 0.3 is 0 Å². The zero-order chi connectivity index (χ0) is 6.69. The lowest BCUT2D eigenvalue weighted by atomic mass is 10.2. The van der Waals surface area contributed by atoms with Crippen LogP contribution in [0.1, 0.15) is 19.8 Å². The number of hydrogen-bond donors (Lipinski definition) is 1. The van der Waals surface area contributed by atoms with Crippen molar-refractivity contribution < 1.29 is 0 Å². The van der Waals surface area contributed by atoms with Crippen LogP contribution in [0.15, 0.2) is 0 Å². The topological polar surface area (TPSA) is 12.0 Å². The Hall–Kier alpha value is 0.310. The predicted octanol–water partition coefficient (Wildman–Crippen LogP) is 1.49. The molecule has 0 unspecified atom stereocenters. The predicted molar refractivity (Wildman–Crippen MR) is 44.0 cm³/mol. The second kappa shape index (κ2) is 3.47. The van der Waals surface area contributed by atoms with Gasteiger partial charge in [-0.15, -0.1) is 0 Å². The van der Waals surface area contributed by atoms with Crippen molar-refractivity contribution in [3.8, 4) is 0 Å². The summed E-state index contributed by atoms with van der Waals surface area (Å²) in [4.78, 5) is 0. The van der Waals surface area contributed by atoms with E-state index in [1.165, 1.54) is 18.6 Å².